The van der Waals surface area contributed by atoms with Crippen molar-refractivity contribution in [3.05, 3.63) is 27.8 Å². The second-order valence-corrected chi connectivity index (χ2v) is 4.69. The van der Waals surface area contributed by atoms with Crippen LogP contribution in [0.25, 0.3) is 10.2 Å². The van der Waals surface area contributed by atoms with Crippen LogP contribution in [0, 0.1) is 10.1 Å². The van der Waals surface area contributed by atoms with Crippen LogP contribution in [0.15, 0.2) is 17.6 Å². The van der Waals surface area contributed by atoms with Gasteiger partial charge in [0, 0.05) is 0 Å². The van der Waals surface area contributed by atoms with Gasteiger partial charge in [-0.05, 0) is 19.1 Å². The standard InChI is InChI=1S/C11H11N3O4S/c1-6(11(15)18-2)13-7-3-4-8-9(12-5-19-8)10(7)14(16)17/h3-6,13H,1-2H3. The normalized spacial score (nSPS) is 12.1. The van der Waals surface area contributed by atoms with Gasteiger partial charge in [-0.25, -0.2) is 9.78 Å². The Bertz CT molecular complexity index is 640. The van der Waals surface area contributed by atoms with E-state index in [1.165, 1.54) is 18.4 Å². The lowest BCUT2D eigenvalue weighted by Gasteiger charge is -2.12. The van der Waals surface area contributed by atoms with Crippen molar-refractivity contribution in [1.82, 2.24) is 4.98 Å². The number of carbonyl (C=O) groups excluding carboxylic acids is 1. The molecule has 0 fully saturated rings. The number of benzene rings is 1. The molecular weight excluding hydrogens is 270 g/mol. The molecule has 0 aliphatic carbocycles. The zero-order valence-electron chi connectivity index (χ0n) is 10.2. The summed E-state index contributed by atoms with van der Waals surface area (Å²) in [4.78, 5) is 26.0. The Morgan fingerprint density at radius 2 is 2.32 bits per heavy atom. The van der Waals surface area contributed by atoms with Crippen LogP contribution in [0.2, 0.25) is 0 Å². The predicted molar refractivity (Wildman–Crippen MR) is 71.4 cm³/mol. The molecule has 0 radical (unpaired) electrons. The molecule has 0 saturated carbocycles. The van der Waals surface area contributed by atoms with E-state index in [4.69, 9.17) is 0 Å². The quantitative estimate of drug-likeness (QED) is 0.524. The molecule has 8 heteroatoms. The number of ether oxygens (including phenoxy) is 1. The van der Waals surface area contributed by atoms with E-state index in [1.54, 1.807) is 24.6 Å². The van der Waals surface area contributed by atoms with Crippen molar-refractivity contribution >= 4 is 38.9 Å². The predicted octanol–water partition coefficient (Wildman–Crippen LogP) is 2.18. The van der Waals surface area contributed by atoms with Crippen molar-refractivity contribution in [1.29, 1.82) is 0 Å². The molecule has 1 unspecified atom stereocenters. The molecule has 1 N–H and O–H groups in total. The molecule has 0 spiro atoms. The van der Waals surface area contributed by atoms with E-state index in [2.05, 4.69) is 15.0 Å². The summed E-state index contributed by atoms with van der Waals surface area (Å²) in [5.41, 5.74) is 1.98. The third-order valence-electron chi connectivity index (χ3n) is 2.58. The summed E-state index contributed by atoms with van der Waals surface area (Å²) in [6.45, 7) is 1.57. The van der Waals surface area contributed by atoms with Crippen LogP contribution in [0.5, 0.6) is 0 Å². The van der Waals surface area contributed by atoms with Gasteiger partial charge in [0.1, 0.15) is 11.7 Å². The molecule has 2 aromatic rings. The smallest absolute Gasteiger partial charge is 0.327 e. The molecule has 0 amide bonds. The lowest BCUT2D eigenvalue weighted by molar-refractivity contribution is -0.382. The maximum absolute atomic E-state index is 11.3. The van der Waals surface area contributed by atoms with Gasteiger partial charge in [0.15, 0.2) is 5.52 Å². The number of anilines is 1. The second kappa shape index (κ2) is 5.19. The number of nitro benzene ring substituents is 1. The number of hydrogen-bond donors (Lipinski definition) is 1. The largest absolute Gasteiger partial charge is 0.467 e. The number of carbonyl (C=O) groups is 1. The third-order valence-corrected chi connectivity index (χ3v) is 3.38. The molecule has 7 nitrogen and oxygen atoms in total. The van der Waals surface area contributed by atoms with E-state index in [9.17, 15) is 14.9 Å². The van der Waals surface area contributed by atoms with Gasteiger partial charge in [0.2, 0.25) is 0 Å². The number of esters is 1. The van der Waals surface area contributed by atoms with Crippen molar-refractivity contribution in [2.45, 2.75) is 13.0 Å². The topological polar surface area (TPSA) is 94.4 Å². The van der Waals surface area contributed by atoms with E-state index in [0.717, 1.165) is 4.70 Å². The first-order chi connectivity index (χ1) is 9.04. The molecule has 0 saturated heterocycles. The van der Waals surface area contributed by atoms with Crippen LogP contribution in [0.1, 0.15) is 6.92 Å². The number of aromatic nitrogens is 1. The molecule has 2 rings (SSSR count). The van der Waals surface area contributed by atoms with Crippen molar-refractivity contribution in [2.24, 2.45) is 0 Å². The molecule has 1 aromatic carbocycles. The number of rotatable bonds is 4. The fourth-order valence-corrected chi connectivity index (χ4v) is 2.37. The summed E-state index contributed by atoms with van der Waals surface area (Å²) in [6, 6.07) is 2.62. The zero-order chi connectivity index (χ0) is 14.0. The first-order valence-corrected chi connectivity index (χ1v) is 6.27. The maximum atomic E-state index is 11.3. The minimum Gasteiger partial charge on any atom is -0.467 e. The fraction of sp³-hybridized carbons (Fsp3) is 0.273. The van der Waals surface area contributed by atoms with Crippen molar-refractivity contribution < 1.29 is 14.5 Å². The fourth-order valence-electron chi connectivity index (χ4n) is 1.69. The number of methoxy groups -OCH3 is 1. The minimum absolute atomic E-state index is 0.130. The van der Waals surface area contributed by atoms with E-state index in [0.29, 0.717) is 5.52 Å². The van der Waals surface area contributed by atoms with E-state index < -0.39 is 16.9 Å². The number of nitro groups is 1. The highest BCUT2D eigenvalue weighted by Crippen LogP contribution is 2.34. The number of nitrogens with zero attached hydrogens (tertiary/aromatic N) is 2. The monoisotopic (exact) mass is 281 g/mol. The highest BCUT2D eigenvalue weighted by molar-refractivity contribution is 7.16. The van der Waals surface area contributed by atoms with Gasteiger partial charge < -0.3 is 10.1 Å². The Balaban J connectivity index is 2.45. The molecule has 1 aromatic heterocycles. The first-order valence-electron chi connectivity index (χ1n) is 5.39. The average molecular weight is 281 g/mol. The van der Waals surface area contributed by atoms with Crippen LogP contribution in [0.4, 0.5) is 11.4 Å². The molecule has 1 heterocycles. The van der Waals surface area contributed by atoms with Crippen LogP contribution in [0.3, 0.4) is 0 Å². The number of hydrogen-bond acceptors (Lipinski definition) is 7. The molecule has 0 bridgehead atoms. The van der Waals surface area contributed by atoms with Crippen LogP contribution < -0.4 is 5.32 Å². The molecule has 100 valence electrons. The third kappa shape index (κ3) is 2.48. The van der Waals surface area contributed by atoms with Crippen molar-refractivity contribution in [3.8, 4) is 0 Å². The SMILES string of the molecule is COC(=O)C(C)Nc1ccc2scnc2c1[N+](=O)[O-]. The van der Waals surface area contributed by atoms with Crippen molar-refractivity contribution in [3.63, 3.8) is 0 Å². The summed E-state index contributed by atoms with van der Waals surface area (Å²) in [5.74, 6) is -0.493. The molecule has 19 heavy (non-hydrogen) atoms. The van der Waals surface area contributed by atoms with Crippen LogP contribution in [-0.4, -0.2) is 29.0 Å². The Kier molecular flexibility index (Phi) is 3.61. The van der Waals surface area contributed by atoms with Crippen LogP contribution >= 0.6 is 11.3 Å². The Morgan fingerprint density at radius 3 is 2.95 bits per heavy atom. The molecule has 0 aliphatic rings. The van der Waals surface area contributed by atoms with Crippen LogP contribution in [-0.2, 0) is 9.53 Å². The Hall–Kier alpha value is -2.22. The second-order valence-electron chi connectivity index (χ2n) is 3.81. The maximum Gasteiger partial charge on any atom is 0.327 e. The average Bonchev–Trinajstić information content (AvgIpc) is 2.84. The summed E-state index contributed by atoms with van der Waals surface area (Å²) >= 11 is 1.32. The highest BCUT2D eigenvalue weighted by Gasteiger charge is 2.23. The lowest BCUT2D eigenvalue weighted by atomic mass is 10.2. The van der Waals surface area contributed by atoms with Gasteiger partial charge in [0.05, 0.1) is 22.2 Å². The van der Waals surface area contributed by atoms with Gasteiger partial charge in [-0.15, -0.1) is 11.3 Å². The Morgan fingerprint density at radius 1 is 1.58 bits per heavy atom. The number of thiazole rings is 1. The van der Waals surface area contributed by atoms with Gasteiger partial charge in [-0.3, -0.25) is 10.1 Å². The Labute approximate surface area is 112 Å². The van der Waals surface area contributed by atoms with E-state index in [-0.39, 0.29) is 11.4 Å². The van der Waals surface area contributed by atoms with Gasteiger partial charge in [-0.1, -0.05) is 0 Å². The lowest BCUT2D eigenvalue weighted by Crippen LogP contribution is -2.27. The summed E-state index contributed by atoms with van der Waals surface area (Å²) in [5, 5.41) is 13.9. The number of nitrogens with one attached hydrogen (secondary N) is 1. The zero-order valence-corrected chi connectivity index (χ0v) is 11.1. The van der Waals surface area contributed by atoms with Gasteiger partial charge >= 0.3 is 11.7 Å². The van der Waals surface area contributed by atoms with E-state index in [1.807, 2.05) is 0 Å². The first kappa shape index (κ1) is 13.2. The summed E-state index contributed by atoms with van der Waals surface area (Å²) in [6.07, 6.45) is 0. The molecular formula is C11H11N3O4S. The molecule has 1 atom stereocenters. The highest BCUT2D eigenvalue weighted by atomic mass is 32.1. The minimum atomic E-state index is -0.681. The van der Waals surface area contributed by atoms with E-state index >= 15 is 0 Å². The summed E-state index contributed by atoms with van der Waals surface area (Å²) in [7, 11) is 1.26. The molecule has 0 aliphatic heterocycles. The van der Waals surface area contributed by atoms with Gasteiger partial charge in [0.25, 0.3) is 0 Å². The summed E-state index contributed by atoms with van der Waals surface area (Å²) < 4.78 is 5.30. The van der Waals surface area contributed by atoms with Crippen molar-refractivity contribution in [2.75, 3.05) is 12.4 Å². The number of fused-ring (bicyclic) bond motifs is 1. The van der Waals surface area contributed by atoms with Gasteiger partial charge in [-0.2, -0.15) is 0 Å².